The van der Waals surface area contributed by atoms with E-state index < -0.39 is 16.8 Å². The lowest BCUT2D eigenvalue weighted by Gasteiger charge is -2.51. The second-order valence-corrected chi connectivity index (χ2v) is 9.11. The highest BCUT2D eigenvalue weighted by Crippen LogP contribution is 2.49. The van der Waals surface area contributed by atoms with E-state index in [1.807, 2.05) is 13.8 Å². The monoisotopic (exact) mass is 479 g/mol. The van der Waals surface area contributed by atoms with Gasteiger partial charge in [0, 0.05) is 11.6 Å². The van der Waals surface area contributed by atoms with Gasteiger partial charge in [-0.2, -0.15) is 0 Å². The van der Waals surface area contributed by atoms with Crippen molar-refractivity contribution in [2.75, 3.05) is 6.61 Å². The number of nitrogens with zero attached hydrogens (tertiary/aromatic N) is 2. The highest BCUT2D eigenvalue weighted by molar-refractivity contribution is 6.32. The molecule has 1 aliphatic rings. The molecule has 1 aromatic heterocycles. The molecule has 0 bridgehead atoms. The van der Waals surface area contributed by atoms with Crippen LogP contribution in [0.1, 0.15) is 32.6 Å². The minimum Gasteiger partial charge on any atom is -0.484 e. The Labute approximate surface area is 193 Å². The molecule has 1 amide bonds. The van der Waals surface area contributed by atoms with Crippen molar-refractivity contribution < 1.29 is 23.1 Å². The second kappa shape index (κ2) is 8.60. The van der Waals surface area contributed by atoms with E-state index in [4.69, 9.17) is 37.1 Å². The topological polar surface area (TPSA) is 86.5 Å². The number of rotatable bonds is 7. The zero-order valence-corrected chi connectivity index (χ0v) is 18.8. The molecule has 10 heteroatoms. The summed E-state index contributed by atoms with van der Waals surface area (Å²) in [6, 6.07) is 11.0. The minimum atomic E-state index is -0.608. The zero-order chi connectivity index (χ0) is 22.9. The third kappa shape index (κ3) is 4.81. The largest absolute Gasteiger partial charge is 0.484 e. The predicted octanol–water partition coefficient (Wildman–Crippen LogP) is 5.31. The fourth-order valence-corrected chi connectivity index (χ4v) is 4.41. The van der Waals surface area contributed by atoms with Crippen LogP contribution in [-0.4, -0.2) is 28.3 Å². The first-order chi connectivity index (χ1) is 15.2. The van der Waals surface area contributed by atoms with Crippen LogP contribution in [0.15, 0.2) is 46.9 Å². The Balaban J connectivity index is 1.31. The number of aromatic nitrogens is 2. The Morgan fingerprint density at radius 2 is 1.91 bits per heavy atom. The summed E-state index contributed by atoms with van der Waals surface area (Å²) in [6.07, 6.45) is 1.15. The van der Waals surface area contributed by atoms with Gasteiger partial charge in [-0.25, -0.2) is 4.39 Å². The summed E-state index contributed by atoms with van der Waals surface area (Å²) >= 11 is 11.7. The van der Waals surface area contributed by atoms with Crippen LogP contribution in [0.3, 0.4) is 0 Å². The molecule has 168 valence electrons. The second-order valence-electron chi connectivity index (χ2n) is 8.29. The van der Waals surface area contributed by atoms with Gasteiger partial charge >= 0.3 is 6.08 Å². The summed E-state index contributed by atoms with van der Waals surface area (Å²) in [5.74, 6) is 0.129. The third-order valence-electron chi connectivity index (χ3n) is 5.22. The maximum atomic E-state index is 13.5. The van der Waals surface area contributed by atoms with Crippen molar-refractivity contribution in [1.29, 1.82) is 0 Å². The zero-order valence-electron chi connectivity index (χ0n) is 17.3. The number of carbonyl (C=O) groups excluding carboxylic acids is 1. The van der Waals surface area contributed by atoms with Crippen molar-refractivity contribution in [3.8, 4) is 17.6 Å². The number of hydrogen-bond donors (Lipinski definition) is 1. The molecule has 0 radical (unpaired) electrons. The van der Waals surface area contributed by atoms with Gasteiger partial charge in [-0.1, -0.05) is 47.4 Å². The van der Waals surface area contributed by atoms with Gasteiger partial charge in [0.1, 0.15) is 11.6 Å². The van der Waals surface area contributed by atoms with Crippen LogP contribution in [0.2, 0.25) is 10.0 Å². The molecule has 4 rings (SSSR count). The van der Waals surface area contributed by atoms with Gasteiger partial charge in [0.05, 0.1) is 15.5 Å². The van der Waals surface area contributed by atoms with Crippen molar-refractivity contribution in [3.63, 3.8) is 0 Å². The molecule has 0 spiro atoms. The van der Waals surface area contributed by atoms with Crippen LogP contribution in [0.4, 0.5) is 4.39 Å². The van der Waals surface area contributed by atoms with Crippen molar-refractivity contribution >= 4 is 29.1 Å². The normalized spacial score (nSPS) is 22.2. The lowest BCUT2D eigenvalue weighted by atomic mass is 9.59. The van der Waals surface area contributed by atoms with Crippen LogP contribution in [0, 0.1) is 5.82 Å². The van der Waals surface area contributed by atoms with E-state index in [-0.39, 0.29) is 29.4 Å². The summed E-state index contributed by atoms with van der Waals surface area (Å²) in [5, 5.41) is 11.4. The number of halogens is 3. The van der Waals surface area contributed by atoms with Crippen molar-refractivity contribution in [2.24, 2.45) is 0 Å². The quantitative estimate of drug-likeness (QED) is 0.493. The summed E-state index contributed by atoms with van der Waals surface area (Å²) < 4.78 is 30.1. The van der Waals surface area contributed by atoms with Gasteiger partial charge in [-0.05, 0) is 44.0 Å². The maximum absolute atomic E-state index is 13.5. The van der Waals surface area contributed by atoms with E-state index in [1.165, 1.54) is 12.1 Å². The summed E-state index contributed by atoms with van der Waals surface area (Å²) in [6.45, 7) is 3.65. The molecule has 1 fully saturated rings. The number of hydrogen-bond acceptors (Lipinski definition) is 6. The molecule has 0 aliphatic heterocycles. The highest BCUT2D eigenvalue weighted by Gasteiger charge is 2.53. The number of para-hydroxylation sites is 1. The number of ether oxygens (including phenoxy) is 2. The molecule has 0 unspecified atom stereocenters. The molecule has 0 atom stereocenters. The van der Waals surface area contributed by atoms with Gasteiger partial charge in [-0.3, -0.25) is 4.79 Å². The van der Waals surface area contributed by atoms with E-state index in [2.05, 4.69) is 15.5 Å². The van der Waals surface area contributed by atoms with Crippen LogP contribution in [-0.2, 0) is 10.2 Å². The predicted molar refractivity (Wildman–Crippen MR) is 116 cm³/mol. The van der Waals surface area contributed by atoms with E-state index in [0.29, 0.717) is 29.5 Å². The van der Waals surface area contributed by atoms with Crippen molar-refractivity contribution in [3.05, 3.63) is 64.2 Å². The SMILES string of the molecule is CC1(NC(=O)COc2ccc(Cl)c(F)c2)CC(C)(c2nnc(Oc3ccccc3Cl)o2)C1. The van der Waals surface area contributed by atoms with Crippen molar-refractivity contribution in [2.45, 2.75) is 37.6 Å². The smallest absolute Gasteiger partial charge is 0.420 e. The molecule has 1 N–H and O–H groups in total. The molecule has 7 nitrogen and oxygen atoms in total. The summed E-state index contributed by atoms with van der Waals surface area (Å²) in [5.41, 5.74) is -0.893. The van der Waals surface area contributed by atoms with E-state index in [1.54, 1.807) is 24.3 Å². The molecule has 2 aromatic carbocycles. The molecule has 1 heterocycles. The van der Waals surface area contributed by atoms with Gasteiger partial charge in [0.25, 0.3) is 5.91 Å². The van der Waals surface area contributed by atoms with Gasteiger partial charge < -0.3 is 19.2 Å². The number of benzene rings is 2. The van der Waals surface area contributed by atoms with Crippen LogP contribution < -0.4 is 14.8 Å². The molecular weight excluding hydrogens is 460 g/mol. The average Bonchev–Trinajstić information content (AvgIpc) is 3.19. The third-order valence-corrected chi connectivity index (χ3v) is 5.84. The van der Waals surface area contributed by atoms with Gasteiger partial charge in [-0.15, -0.1) is 5.10 Å². The van der Waals surface area contributed by atoms with Crippen LogP contribution in [0.5, 0.6) is 17.6 Å². The molecule has 1 saturated carbocycles. The number of nitrogens with one attached hydrogen (secondary N) is 1. The molecule has 0 saturated heterocycles. The van der Waals surface area contributed by atoms with Crippen molar-refractivity contribution in [1.82, 2.24) is 15.5 Å². The molecular formula is C22H20Cl2FN3O4. The Morgan fingerprint density at radius 3 is 2.62 bits per heavy atom. The van der Waals surface area contributed by atoms with Crippen LogP contribution >= 0.6 is 23.2 Å². The maximum Gasteiger partial charge on any atom is 0.420 e. The van der Waals surface area contributed by atoms with Gasteiger partial charge in [0.15, 0.2) is 12.4 Å². The average molecular weight is 480 g/mol. The standard InChI is InChI=1S/C22H20Cl2FN3O4/c1-21(19-27-28-20(32-19)31-17-6-4-3-5-15(17)24)11-22(2,12-21)26-18(29)10-30-13-7-8-14(23)16(25)9-13/h3-9H,10-12H2,1-2H3,(H,26,29). The lowest BCUT2D eigenvalue weighted by molar-refractivity contribution is -0.127. The lowest BCUT2D eigenvalue weighted by Crippen LogP contribution is -2.61. The number of carbonyl (C=O) groups is 1. The first-order valence-electron chi connectivity index (χ1n) is 9.81. The summed E-state index contributed by atoms with van der Waals surface area (Å²) in [4.78, 5) is 12.3. The first-order valence-corrected chi connectivity index (χ1v) is 10.6. The molecule has 1 aliphatic carbocycles. The first kappa shape index (κ1) is 22.4. The Bertz CT molecular complexity index is 1150. The summed E-state index contributed by atoms with van der Waals surface area (Å²) in [7, 11) is 0. The molecule has 3 aromatic rings. The van der Waals surface area contributed by atoms with E-state index >= 15 is 0 Å². The van der Waals surface area contributed by atoms with E-state index in [0.717, 1.165) is 6.07 Å². The minimum absolute atomic E-state index is 0.00411. The molecule has 32 heavy (non-hydrogen) atoms. The fourth-order valence-electron chi connectivity index (χ4n) is 4.11. The Hall–Kier alpha value is -2.84. The Kier molecular flexibility index (Phi) is 6.01. The Morgan fingerprint density at radius 1 is 1.16 bits per heavy atom. The highest BCUT2D eigenvalue weighted by atomic mass is 35.5. The number of amides is 1. The van der Waals surface area contributed by atoms with E-state index in [9.17, 15) is 9.18 Å². The van der Waals surface area contributed by atoms with Crippen LogP contribution in [0.25, 0.3) is 0 Å². The van der Waals surface area contributed by atoms with Gasteiger partial charge in [0.2, 0.25) is 5.89 Å². The fraction of sp³-hybridized carbons (Fsp3) is 0.318.